The number of hydrogen-bond donors (Lipinski definition) is 1. The summed E-state index contributed by atoms with van der Waals surface area (Å²) >= 11 is 0. The third-order valence-corrected chi connectivity index (χ3v) is 3.92. The first-order valence-electron chi connectivity index (χ1n) is 5.52. The summed E-state index contributed by atoms with van der Waals surface area (Å²) in [6.45, 7) is -0.134. The molecule has 0 fully saturated rings. The van der Waals surface area contributed by atoms with Gasteiger partial charge in [0.2, 0.25) is 0 Å². The van der Waals surface area contributed by atoms with Crippen LogP contribution in [-0.2, 0) is 19.7 Å². The van der Waals surface area contributed by atoms with Crippen LogP contribution in [0.4, 0.5) is 14.5 Å². The van der Waals surface area contributed by atoms with Gasteiger partial charge in [-0.2, -0.15) is 12.7 Å². The van der Waals surface area contributed by atoms with Crippen molar-refractivity contribution >= 4 is 21.9 Å². The summed E-state index contributed by atoms with van der Waals surface area (Å²) in [7, 11) is -1.64. The van der Waals surface area contributed by atoms with Crippen LogP contribution in [0, 0.1) is 11.6 Å². The van der Waals surface area contributed by atoms with E-state index in [4.69, 9.17) is 0 Å². The lowest BCUT2D eigenvalue weighted by Crippen LogP contribution is -2.34. The molecule has 0 saturated heterocycles. The number of anilines is 1. The number of methoxy groups -OCH3 is 1. The topological polar surface area (TPSA) is 75.7 Å². The Balaban J connectivity index is 2.76. The minimum Gasteiger partial charge on any atom is -0.469 e. The first-order chi connectivity index (χ1) is 9.26. The van der Waals surface area contributed by atoms with Crippen LogP contribution >= 0.6 is 0 Å². The quantitative estimate of drug-likeness (QED) is 0.799. The normalized spacial score (nSPS) is 11.4. The molecule has 112 valence electrons. The van der Waals surface area contributed by atoms with Gasteiger partial charge in [-0.3, -0.25) is 9.52 Å². The van der Waals surface area contributed by atoms with Gasteiger partial charge in [-0.25, -0.2) is 8.78 Å². The van der Waals surface area contributed by atoms with Gasteiger partial charge < -0.3 is 4.74 Å². The molecule has 6 nitrogen and oxygen atoms in total. The van der Waals surface area contributed by atoms with E-state index in [-0.39, 0.29) is 18.7 Å². The second-order valence-electron chi connectivity index (χ2n) is 3.88. The minimum atomic E-state index is -4.04. The Bertz CT molecular complexity index is 592. The maximum atomic E-state index is 13.4. The average molecular weight is 308 g/mol. The number of rotatable bonds is 6. The largest absolute Gasteiger partial charge is 0.469 e. The number of nitrogens with zero attached hydrogens (tertiary/aromatic N) is 1. The first-order valence-corrected chi connectivity index (χ1v) is 6.96. The highest BCUT2D eigenvalue weighted by Crippen LogP contribution is 2.17. The molecule has 1 aromatic carbocycles. The van der Waals surface area contributed by atoms with E-state index >= 15 is 0 Å². The van der Waals surface area contributed by atoms with Gasteiger partial charge in [-0.15, -0.1) is 0 Å². The highest BCUT2D eigenvalue weighted by atomic mass is 32.2. The van der Waals surface area contributed by atoms with E-state index < -0.39 is 27.8 Å². The van der Waals surface area contributed by atoms with Crippen LogP contribution in [0.25, 0.3) is 0 Å². The first kappa shape index (κ1) is 16.3. The molecule has 0 aromatic heterocycles. The molecular weight excluding hydrogens is 294 g/mol. The molecule has 0 bridgehead atoms. The molecule has 0 radical (unpaired) electrons. The monoisotopic (exact) mass is 308 g/mol. The van der Waals surface area contributed by atoms with Gasteiger partial charge in [0.15, 0.2) is 0 Å². The van der Waals surface area contributed by atoms with E-state index in [1.165, 1.54) is 14.2 Å². The molecule has 0 amide bonds. The van der Waals surface area contributed by atoms with E-state index in [1.54, 1.807) is 0 Å². The zero-order chi connectivity index (χ0) is 15.3. The van der Waals surface area contributed by atoms with Crippen molar-refractivity contribution in [2.24, 2.45) is 0 Å². The zero-order valence-electron chi connectivity index (χ0n) is 10.9. The lowest BCUT2D eigenvalue weighted by atomic mass is 10.3. The molecule has 0 aliphatic carbocycles. The van der Waals surface area contributed by atoms with Crippen LogP contribution in [0.1, 0.15) is 6.42 Å². The Morgan fingerprint density at radius 3 is 2.60 bits per heavy atom. The molecule has 9 heteroatoms. The summed E-state index contributed by atoms with van der Waals surface area (Å²) in [5.74, 6) is -2.42. The van der Waals surface area contributed by atoms with Crippen LogP contribution in [0.3, 0.4) is 0 Å². The van der Waals surface area contributed by atoms with Crippen molar-refractivity contribution in [3.63, 3.8) is 0 Å². The number of esters is 1. The van der Waals surface area contributed by atoms with Gasteiger partial charge in [0.25, 0.3) is 0 Å². The van der Waals surface area contributed by atoms with Crippen molar-refractivity contribution < 1.29 is 26.7 Å². The van der Waals surface area contributed by atoms with Crippen LogP contribution in [0.2, 0.25) is 0 Å². The summed E-state index contributed by atoms with van der Waals surface area (Å²) in [5, 5.41) is 0. The molecule has 0 heterocycles. The predicted octanol–water partition coefficient (Wildman–Crippen LogP) is 1.12. The average Bonchev–Trinajstić information content (AvgIpc) is 2.38. The van der Waals surface area contributed by atoms with E-state index in [0.29, 0.717) is 6.07 Å². The van der Waals surface area contributed by atoms with Crippen molar-refractivity contribution in [3.05, 3.63) is 29.8 Å². The number of carbonyl (C=O) groups excluding carboxylic acids is 1. The Hall–Kier alpha value is -1.74. The van der Waals surface area contributed by atoms with Crippen molar-refractivity contribution in [1.29, 1.82) is 0 Å². The summed E-state index contributed by atoms with van der Waals surface area (Å²) in [4.78, 5) is 10.9. The van der Waals surface area contributed by atoms with E-state index in [9.17, 15) is 22.0 Å². The highest BCUT2D eigenvalue weighted by Gasteiger charge is 2.20. The Kier molecular flexibility index (Phi) is 5.40. The summed E-state index contributed by atoms with van der Waals surface area (Å²) in [6.07, 6.45) is -0.139. The van der Waals surface area contributed by atoms with Gasteiger partial charge >= 0.3 is 16.2 Å². The Labute approximate surface area is 115 Å². The molecule has 0 unspecified atom stereocenters. The molecule has 20 heavy (non-hydrogen) atoms. The molecule has 1 rings (SSSR count). The van der Waals surface area contributed by atoms with Crippen LogP contribution in [-0.4, -0.2) is 39.4 Å². The Morgan fingerprint density at radius 2 is 2.05 bits per heavy atom. The molecular formula is C11H14F2N2O4S. The standard InChI is InChI=1S/C11H14F2N2O4S/c1-15(6-5-11(16)19-2)20(17,18)14-10-4-3-8(12)7-9(10)13/h3-4,7,14H,5-6H2,1-2H3. The zero-order valence-corrected chi connectivity index (χ0v) is 11.7. The van der Waals surface area contributed by atoms with Gasteiger partial charge in [0.05, 0.1) is 19.2 Å². The van der Waals surface area contributed by atoms with Gasteiger partial charge in [0.1, 0.15) is 11.6 Å². The van der Waals surface area contributed by atoms with Gasteiger partial charge in [-0.1, -0.05) is 0 Å². The number of carbonyl (C=O) groups is 1. The van der Waals surface area contributed by atoms with E-state index in [2.05, 4.69) is 4.74 Å². The maximum absolute atomic E-state index is 13.4. The molecule has 1 aromatic rings. The third kappa shape index (κ3) is 4.42. The van der Waals surface area contributed by atoms with Gasteiger partial charge in [0, 0.05) is 19.7 Å². The van der Waals surface area contributed by atoms with Crippen molar-refractivity contribution in [3.8, 4) is 0 Å². The molecule has 0 spiro atoms. The fourth-order valence-electron chi connectivity index (χ4n) is 1.26. The summed E-state index contributed by atoms with van der Waals surface area (Å²) < 4.78 is 56.9. The molecule has 1 N–H and O–H groups in total. The number of halogens is 2. The lowest BCUT2D eigenvalue weighted by Gasteiger charge is -2.18. The van der Waals surface area contributed by atoms with Crippen molar-refractivity contribution in [2.75, 3.05) is 25.4 Å². The number of nitrogens with one attached hydrogen (secondary N) is 1. The fourth-order valence-corrected chi connectivity index (χ4v) is 2.19. The third-order valence-electron chi connectivity index (χ3n) is 2.44. The maximum Gasteiger partial charge on any atom is 0.306 e. The Morgan fingerprint density at radius 1 is 1.40 bits per heavy atom. The number of hydrogen-bond acceptors (Lipinski definition) is 4. The number of benzene rings is 1. The minimum absolute atomic E-state index is 0.134. The fraction of sp³-hybridized carbons (Fsp3) is 0.364. The second kappa shape index (κ2) is 6.62. The van der Waals surface area contributed by atoms with Crippen LogP contribution in [0.15, 0.2) is 18.2 Å². The predicted molar refractivity (Wildman–Crippen MR) is 68.2 cm³/mol. The highest BCUT2D eigenvalue weighted by molar-refractivity contribution is 7.90. The van der Waals surface area contributed by atoms with E-state index in [1.807, 2.05) is 4.72 Å². The van der Waals surface area contributed by atoms with E-state index in [0.717, 1.165) is 16.4 Å². The van der Waals surface area contributed by atoms with Crippen LogP contribution in [0.5, 0.6) is 0 Å². The molecule has 0 aliphatic rings. The van der Waals surface area contributed by atoms with Crippen molar-refractivity contribution in [2.45, 2.75) is 6.42 Å². The smallest absolute Gasteiger partial charge is 0.306 e. The second-order valence-corrected chi connectivity index (χ2v) is 5.66. The summed E-state index contributed by atoms with van der Waals surface area (Å²) in [5.41, 5.74) is -0.378. The number of ether oxygens (including phenoxy) is 1. The molecule has 0 atom stereocenters. The lowest BCUT2D eigenvalue weighted by molar-refractivity contribution is -0.140. The van der Waals surface area contributed by atoms with Crippen molar-refractivity contribution in [1.82, 2.24) is 4.31 Å². The molecule has 0 saturated carbocycles. The van der Waals surface area contributed by atoms with Crippen LogP contribution < -0.4 is 4.72 Å². The molecule has 0 aliphatic heterocycles. The van der Waals surface area contributed by atoms with Gasteiger partial charge in [-0.05, 0) is 12.1 Å². The SMILES string of the molecule is COC(=O)CCN(C)S(=O)(=O)Nc1ccc(F)cc1F. The summed E-state index contributed by atoms with van der Waals surface area (Å²) in [6, 6.07) is 2.46.